The number of H-pyrrole nitrogens is 1. The van der Waals surface area contributed by atoms with Gasteiger partial charge in [-0.3, -0.25) is 9.89 Å². The first-order chi connectivity index (χ1) is 6.59. The monoisotopic (exact) mass is 196 g/mol. The van der Waals surface area contributed by atoms with Gasteiger partial charge >= 0.3 is 0 Å². The minimum atomic E-state index is -0.119. The second kappa shape index (κ2) is 4.76. The second-order valence-electron chi connectivity index (χ2n) is 3.57. The van der Waals surface area contributed by atoms with Gasteiger partial charge in [-0.25, -0.2) is 0 Å². The molecule has 0 aliphatic rings. The molecule has 0 radical (unpaired) electrons. The summed E-state index contributed by atoms with van der Waals surface area (Å²) in [7, 11) is 0. The first-order valence-corrected chi connectivity index (χ1v) is 4.65. The van der Waals surface area contributed by atoms with Crippen LogP contribution < -0.4 is 11.1 Å². The highest BCUT2D eigenvalue weighted by molar-refractivity contribution is 5.93. The molecule has 0 bridgehead atoms. The lowest BCUT2D eigenvalue weighted by Gasteiger charge is -2.15. The Balaban J connectivity index is 2.41. The van der Waals surface area contributed by atoms with Crippen molar-refractivity contribution in [3.8, 4) is 0 Å². The average Bonchev–Trinajstić information content (AvgIpc) is 2.53. The Kier molecular flexibility index (Phi) is 3.64. The molecule has 14 heavy (non-hydrogen) atoms. The zero-order chi connectivity index (χ0) is 10.6. The molecule has 0 fully saturated rings. The van der Waals surface area contributed by atoms with Gasteiger partial charge in [0, 0.05) is 18.3 Å². The molecule has 1 aromatic heterocycles. The molecule has 1 heterocycles. The summed E-state index contributed by atoms with van der Waals surface area (Å²) in [5.74, 6) is -0.119. The highest BCUT2D eigenvalue weighted by Crippen LogP contribution is 1.98. The molecular weight excluding hydrogens is 180 g/mol. The van der Waals surface area contributed by atoms with Gasteiger partial charge in [0.1, 0.15) is 0 Å². The summed E-state index contributed by atoms with van der Waals surface area (Å²) in [6.45, 7) is 3.85. The molecule has 0 saturated heterocycles. The summed E-state index contributed by atoms with van der Waals surface area (Å²) in [5, 5.41) is 9.12. The number of aromatic nitrogens is 2. The Morgan fingerprint density at radius 3 is 2.93 bits per heavy atom. The van der Waals surface area contributed by atoms with Crippen molar-refractivity contribution in [2.75, 3.05) is 0 Å². The summed E-state index contributed by atoms with van der Waals surface area (Å²) in [6.07, 6.45) is 3.82. The van der Waals surface area contributed by atoms with Gasteiger partial charge in [-0.2, -0.15) is 5.10 Å². The number of hydrogen-bond donors (Lipinski definition) is 3. The number of aromatic amines is 1. The fourth-order valence-electron chi connectivity index (χ4n) is 1.30. The molecule has 0 aromatic carbocycles. The van der Waals surface area contributed by atoms with Crippen molar-refractivity contribution in [1.82, 2.24) is 15.5 Å². The maximum Gasteiger partial charge on any atom is 0.254 e. The summed E-state index contributed by atoms with van der Waals surface area (Å²) >= 11 is 0. The number of nitrogens with one attached hydrogen (secondary N) is 2. The first kappa shape index (κ1) is 10.7. The van der Waals surface area contributed by atoms with E-state index in [9.17, 15) is 4.79 Å². The predicted molar refractivity (Wildman–Crippen MR) is 53.8 cm³/mol. The molecule has 0 saturated carbocycles. The second-order valence-corrected chi connectivity index (χ2v) is 3.57. The van der Waals surface area contributed by atoms with Gasteiger partial charge in [0.15, 0.2) is 0 Å². The number of hydrogen-bond acceptors (Lipinski definition) is 3. The molecule has 5 nitrogen and oxygen atoms in total. The van der Waals surface area contributed by atoms with Crippen molar-refractivity contribution in [3.05, 3.63) is 18.0 Å². The fraction of sp³-hybridized carbons (Fsp3) is 0.556. The quantitative estimate of drug-likeness (QED) is 0.646. The average molecular weight is 196 g/mol. The molecule has 0 aliphatic heterocycles. The molecule has 4 N–H and O–H groups in total. The Morgan fingerprint density at radius 1 is 1.71 bits per heavy atom. The molecule has 2 atom stereocenters. The summed E-state index contributed by atoms with van der Waals surface area (Å²) in [4.78, 5) is 11.5. The van der Waals surface area contributed by atoms with Gasteiger partial charge in [-0.05, 0) is 20.3 Å². The molecule has 0 aliphatic carbocycles. The zero-order valence-electron chi connectivity index (χ0n) is 8.45. The van der Waals surface area contributed by atoms with Crippen LogP contribution in [0.2, 0.25) is 0 Å². The van der Waals surface area contributed by atoms with Crippen LogP contribution in [0, 0.1) is 0 Å². The number of amides is 1. The van der Waals surface area contributed by atoms with Gasteiger partial charge < -0.3 is 11.1 Å². The normalized spacial score (nSPS) is 14.8. The Labute approximate surface area is 83.1 Å². The largest absolute Gasteiger partial charge is 0.349 e. The van der Waals surface area contributed by atoms with Crippen LogP contribution in [-0.4, -0.2) is 28.2 Å². The Hall–Kier alpha value is -1.36. The van der Waals surface area contributed by atoms with E-state index < -0.39 is 0 Å². The van der Waals surface area contributed by atoms with Crippen LogP contribution in [0.4, 0.5) is 0 Å². The molecular formula is C9H16N4O. The van der Waals surface area contributed by atoms with E-state index in [0.717, 1.165) is 6.42 Å². The van der Waals surface area contributed by atoms with E-state index in [1.54, 1.807) is 6.20 Å². The number of nitrogens with two attached hydrogens (primary N) is 1. The predicted octanol–water partition coefficient (Wildman–Crippen LogP) is 0.265. The lowest BCUT2D eigenvalue weighted by atomic mass is 10.1. The van der Waals surface area contributed by atoms with E-state index in [1.807, 2.05) is 13.8 Å². The van der Waals surface area contributed by atoms with Crippen molar-refractivity contribution in [2.45, 2.75) is 32.4 Å². The van der Waals surface area contributed by atoms with Crippen LogP contribution in [0.15, 0.2) is 12.4 Å². The number of nitrogens with zero attached hydrogens (tertiary/aromatic N) is 1. The van der Waals surface area contributed by atoms with Crippen LogP contribution in [0.5, 0.6) is 0 Å². The lowest BCUT2D eigenvalue weighted by Crippen LogP contribution is -2.36. The van der Waals surface area contributed by atoms with Gasteiger partial charge in [-0.1, -0.05) is 0 Å². The van der Waals surface area contributed by atoms with Crippen LogP contribution in [0.1, 0.15) is 30.6 Å². The fourth-order valence-corrected chi connectivity index (χ4v) is 1.30. The number of rotatable bonds is 4. The maximum atomic E-state index is 11.5. The van der Waals surface area contributed by atoms with E-state index in [4.69, 9.17) is 5.73 Å². The number of carbonyl (C=O) groups is 1. The molecule has 2 unspecified atom stereocenters. The van der Waals surface area contributed by atoms with Crippen LogP contribution >= 0.6 is 0 Å². The van der Waals surface area contributed by atoms with Crippen molar-refractivity contribution < 1.29 is 4.79 Å². The van der Waals surface area contributed by atoms with E-state index in [-0.39, 0.29) is 18.0 Å². The van der Waals surface area contributed by atoms with Crippen molar-refractivity contribution >= 4 is 5.91 Å². The smallest absolute Gasteiger partial charge is 0.254 e. The molecule has 1 amide bonds. The number of carbonyl (C=O) groups excluding carboxylic acids is 1. The third-order valence-corrected chi connectivity index (χ3v) is 1.86. The minimum Gasteiger partial charge on any atom is -0.349 e. The molecule has 1 rings (SSSR count). The van der Waals surface area contributed by atoms with E-state index in [2.05, 4.69) is 15.5 Å². The topological polar surface area (TPSA) is 83.8 Å². The van der Waals surface area contributed by atoms with E-state index >= 15 is 0 Å². The minimum absolute atomic E-state index is 0.0809. The van der Waals surface area contributed by atoms with Gasteiger partial charge in [0.05, 0.1) is 11.8 Å². The van der Waals surface area contributed by atoms with E-state index in [0.29, 0.717) is 5.56 Å². The molecule has 78 valence electrons. The van der Waals surface area contributed by atoms with Gasteiger partial charge in [0.2, 0.25) is 0 Å². The van der Waals surface area contributed by atoms with Crippen LogP contribution in [-0.2, 0) is 0 Å². The van der Waals surface area contributed by atoms with Crippen LogP contribution in [0.3, 0.4) is 0 Å². The molecule has 0 spiro atoms. The van der Waals surface area contributed by atoms with Crippen molar-refractivity contribution in [2.24, 2.45) is 5.73 Å². The first-order valence-electron chi connectivity index (χ1n) is 4.65. The Bertz CT molecular complexity index is 281. The third-order valence-electron chi connectivity index (χ3n) is 1.86. The Morgan fingerprint density at radius 2 is 2.43 bits per heavy atom. The molecule has 5 heteroatoms. The van der Waals surface area contributed by atoms with Crippen LogP contribution in [0.25, 0.3) is 0 Å². The van der Waals surface area contributed by atoms with Crippen molar-refractivity contribution in [1.29, 1.82) is 0 Å². The maximum absolute atomic E-state index is 11.5. The zero-order valence-corrected chi connectivity index (χ0v) is 8.45. The standard InChI is InChI=1S/C9H16N4O/c1-6(10)3-7(2)13-9(14)8-4-11-12-5-8/h4-7H,3,10H2,1-2H3,(H,11,12)(H,13,14). The highest BCUT2D eigenvalue weighted by atomic mass is 16.1. The summed E-state index contributed by atoms with van der Waals surface area (Å²) in [5.41, 5.74) is 6.16. The highest BCUT2D eigenvalue weighted by Gasteiger charge is 2.11. The van der Waals surface area contributed by atoms with Gasteiger partial charge in [0.25, 0.3) is 5.91 Å². The third kappa shape index (κ3) is 3.18. The van der Waals surface area contributed by atoms with Crippen molar-refractivity contribution in [3.63, 3.8) is 0 Å². The summed E-state index contributed by atoms with van der Waals surface area (Å²) in [6, 6.07) is 0.173. The van der Waals surface area contributed by atoms with E-state index in [1.165, 1.54) is 6.20 Å². The SMILES string of the molecule is CC(N)CC(C)NC(=O)c1cn[nH]c1. The van der Waals surface area contributed by atoms with Gasteiger partial charge in [-0.15, -0.1) is 0 Å². The summed E-state index contributed by atoms with van der Waals surface area (Å²) < 4.78 is 0. The lowest BCUT2D eigenvalue weighted by molar-refractivity contribution is 0.0937. The molecule has 1 aromatic rings.